The molecule has 0 aliphatic heterocycles. The van der Waals surface area contributed by atoms with Gasteiger partial charge in [0.05, 0.1) is 18.1 Å². The number of hydrogen-bond donors (Lipinski definition) is 3. The fourth-order valence-electron chi connectivity index (χ4n) is 1.82. The fraction of sp³-hybridized carbons (Fsp3) is 0.231. The zero-order chi connectivity index (χ0) is 14.0. The molecule has 19 heavy (non-hydrogen) atoms. The summed E-state index contributed by atoms with van der Waals surface area (Å²) < 4.78 is 1.21. The smallest absolute Gasteiger partial charge is 0.250 e. The molecule has 6 heteroatoms. The molecule has 0 aliphatic carbocycles. The number of nitrogen functional groups attached to an aromatic ring is 1. The highest BCUT2D eigenvalue weighted by molar-refractivity contribution is 5.81. The standard InChI is InChI=1S/C13H15N3O3/c1-8(13(19)16-7-10(14)6-15-16)4-9-2-3-11(17)12(18)5-9/h2-3,5-8,17-18H,4,14H2,1H3. The minimum Gasteiger partial charge on any atom is -0.504 e. The lowest BCUT2D eigenvalue weighted by atomic mass is 10.00. The third-order valence-corrected chi connectivity index (χ3v) is 2.83. The van der Waals surface area contributed by atoms with Crippen LogP contribution in [0.15, 0.2) is 30.6 Å². The first-order valence-corrected chi connectivity index (χ1v) is 5.82. The molecule has 2 aromatic rings. The summed E-state index contributed by atoms with van der Waals surface area (Å²) in [4.78, 5) is 12.0. The van der Waals surface area contributed by atoms with Gasteiger partial charge in [0.2, 0.25) is 5.91 Å². The Morgan fingerprint density at radius 1 is 1.42 bits per heavy atom. The Balaban J connectivity index is 2.10. The van der Waals surface area contributed by atoms with Gasteiger partial charge in [-0.25, -0.2) is 4.68 Å². The number of carbonyl (C=O) groups is 1. The molecule has 0 spiro atoms. The first-order chi connectivity index (χ1) is 8.97. The molecule has 0 bridgehead atoms. The summed E-state index contributed by atoms with van der Waals surface area (Å²) in [5.74, 6) is -0.865. The van der Waals surface area contributed by atoms with Gasteiger partial charge in [-0.2, -0.15) is 5.10 Å². The number of phenols is 2. The lowest BCUT2D eigenvalue weighted by Crippen LogP contribution is -2.21. The predicted octanol–water partition coefficient (Wildman–Crippen LogP) is 1.40. The summed E-state index contributed by atoms with van der Waals surface area (Å²) in [5.41, 5.74) is 6.70. The Bertz CT molecular complexity index is 607. The number of nitrogens with zero attached hydrogens (tertiary/aromatic N) is 2. The molecular formula is C13H15N3O3. The lowest BCUT2D eigenvalue weighted by molar-refractivity contribution is 0.0827. The van der Waals surface area contributed by atoms with Crippen molar-refractivity contribution in [3.05, 3.63) is 36.2 Å². The molecule has 1 heterocycles. The molecule has 0 amide bonds. The summed E-state index contributed by atoms with van der Waals surface area (Å²) >= 11 is 0. The van der Waals surface area contributed by atoms with Crippen LogP contribution >= 0.6 is 0 Å². The van der Waals surface area contributed by atoms with Crippen LogP contribution in [0.1, 0.15) is 17.3 Å². The van der Waals surface area contributed by atoms with Crippen LogP contribution in [0.5, 0.6) is 11.5 Å². The Morgan fingerprint density at radius 3 is 2.74 bits per heavy atom. The lowest BCUT2D eigenvalue weighted by Gasteiger charge is -2.10. The maximum Gasteiger partial charge on any atom is 0.250 e. The van der Waals surface area contributed by atoms with Crippen molar-refractivity contribution in [3.63, 3.8) is 0 Å². The minimum atomic E-state index is -0.316. The number of phenolic OH excluding ortho intramolecular Hbond substituents is 2. The maximum atomic E-state index is 12.0. The minimum absolute atomic E-state index is 0.177. The van der Waals surface area contributed by atoms with Crippen molar-refractivity contribution in [3.8, 4) is 11.5 Å². The molecule has 100 valence electrons. The van der Waals surface area contributed by atoms with E-state index in [1.165, 1.54) is 29.2 Å². The number of aromatic hydroxyl groups is 2. The molecule has 1 atom stereocenters. The first-order valence-electron chi connectivity index (χ1n) is 5.82. The summed E-state index contributed by atoms with van der Waals surface area (Å²) in [6.45, 7) is 1.77. The molecule has 1 unspecified atom stereocenters. The molecule has 0 saturated heterocycles. The predicted molar refractivity (Wildman–Crippen MR) is 69.9 cm³/mol. The Hall–Kier alpha value is -2.50. The molecule has 0 aliphatic rings. The van der Waals surface area contributed by atoms with Crippen molar-refractivity contribution in [1.82, 2.24) is 9.78 Å². The van der Waals surface area contributed by atoms with Crippen LogP contribution in [0.2, 0.25) is 0 Å². The van der Waals surface area contributed by atoms with E-state index in [1.54, 1.807) is 13.0 Å². The number of aromatic nitrogens is 2. The molecule has 1 aromatic carbocycles. The van der Waals surface area contributed by atoms with Crippen LogP contribution in [0, 0.1) is 5.92 Å². The third kappa shape index (κ3) is 2.85. The average Bonchev–Trinajstić information content (AvgIpc) is 2.79. The van der Waals surface area contributed by atoms with Crippen LogP contribution in [-0.2, 0) is 6.42 Å². The van der Waals surface area contributed by atoms with Crippen LogP contribution in [-0.4, -0.2) is 25.9 Å². The maximum absolute atomic E-state index is 12.0. The highest BCUT2D eigenvalue weighted by Crippen LogP contribution is 2.26. The largest absolute Gasteiger partial charge is 0.504 e. The second-order valence-corrected chi connectivity index (χ2v) is 4.48. The number of carbonyl (C=O) groups excluding carboxylic acids is 1. The zero-order valence-electron chi connectivity index (χ0n) is 10.4. The van der Waals surface area contributed by atoms with Crippen LogP contribution < -0.4 is 5.73 Å². The quantitative estimate of drug-likeness (QED) is 0.725. The van der Waals surface area contributed by atoms with E-state index in [0.717, 1.165) is 5.56 Å². The van der Waals surface area contributed by atoms with Gasteiger partial charge in [0, 0.05) is 5.92 Å². The van der Waals surface area contributed by atoms with E-state index < -0.39 is 0 Å². The van der Waals surface area contributed by atoms with Crippen molar-refractivity contribution in [2.45, 2.75) is 13.3 Å². The van der Waals surface area contributed by atoms with Gasteiger partial charge in [-0.05, 0) is 24.1 Å². The van der Waals surface area contributed by atoms with Gasteiger partial charge in [0.25, 0.3) is 0 Å². The van der Waals surface area contributed by atoms with E-state index in [9.17, 15) is 15.0 Å². The molecule has 0 radical (unpaired) electrons. The first kappa shape index (κ1) is 12.9. The normalized spacial score (nSPS) is 12.3. The van der Waals surface area contributed by atoms with E-state index in [0.29, 0.717) is 12.1 Å². The molecular weight excluding hydrogens is 246 g/mol. The van der Waals surface area contributed by atoms with E-state index >= 15 is 0 Å². The highest BCUT2D eigenvalue weighted by atomic mass is 16.3. The number of benzene rings is 1. The van der Waals surface area contributed by atoms with Gasteiger partial charge in [0.15, 0.2) is 11.5 Å². The average molecular weight is 261 g/mol. The number of rotatable bonds is 3. The molecule has 2 rings (SSSR count). The van der Waals surface area contributed by atoms with Crippen LogP contribution in [0.4, 0.5) is 5.69 Å². The van der Waals surface area contributed by atoms with Crippen molar-refractivity contribution in [1.29, 1.82) is 0 Å². The van der Waals surface area contributed by atoms with E-state index in [4.69, 9.17) is 5.73 Å². The molecule has 0 fully saturated rings. The number of hydrogen-bond acceptors (Lipinski definition) is 5. The summed E-state index contributed by atoms with van der Waals surface area (Å²) in [5, 5.41) is 22.5. The third-order valence-electron chi connectivity index (χ3n) is 2.83. The second kappa shape index (κ2) is 5.01. The van der Waals surface area contributed by atoms with E-state index in [-0.39, 0.29) is 23.3 Å². The Morgan fingerprint density at radius 2 is 2.16 bits per heavy atom. The molecule has 6 nitrogen and oxygen atoms in total. The monoisotopic (exact) mass is 261 g/mol. The van der Waals surface area contributed by atoms with Crippen LogP contribution in [0.25, 0.3) is 0 Å². The Labute approximate surface area is 110 Å². The summed E-state index contributed by atoms with van der Waals surface area (Å²) in [6.07, 6.45) is 3.32. The van der Waals surface area contributed by atoms with Crippen molar-refractivity contribution in [2.75, 3.05) is 5.73 Å². The molecule has 1 aromatic heterocycles. The van der Waals surface area contributed by atoms with Crippen molar-refractivity contribution in [2.24, 2.45) is 5.92 Å². The SMILES string of the molecule is CC(Cc1ccc(O)c(O)c1)C(=O)n1cc(N)cn1. The summed E-state index contributed by atoms with van der Waals surface area (Å²) in [6, 6.07) is 4.50. The van der Waals surface area contributed by atoms with Gasteiger partial charge < -0.3 is 15.9 Å². The molecule has 0 saturated carbocycles. The fourth-order valence-corrected chi connectivity index (χ4v) is 1.82. The van der Waals surface area contributed by atoms with E-state index in [1.807, 2.05) is 0 Å². The highest BCUT2D eigenvalue weighted by Gasteiger charge is 2.17. The second-order valence-electron chi connectivity index (χ2n) is 4.48. The Kier molecular flexibility index (Phi) is 3.41. The summed E-state index contributed by atoms with van der Waals surface area (Å²) in [7, 11) is 0. The van der Waals surface area contributed by atoms with E-state index in [2.05, 4.69) is 5.10 Å². The van der Waals surface area contributed by atoms with Crippen molar-refractivity contribution < 1.29 is 15.0 Å². The van der Waals surface area contributed by atoms with Crippen LogP contribution in [0.3, 0.4) is 0 Å². The van der Waals surface area contributed by atoms with Gasteiger partial charge in [-0.3, -0.25) is 4.79 Å². The zero-order valence-corrected chi connectivity index (χ0v) is 10.4. The van der Waals surface area contributed by atoms with Gasteiger partial charge in [-0.15, -0.1) is 0 Å². The van der Waals surface area contributed by atoms with Gasteiger partial charge >= 0.3 is 0 Å². The van der Waals surface area contributed by atoms with Gasteiger partial charge in [0.1, 0.15) is 0 Å². The number of anilines is 1. The molecule has 4 N–H and O–H groups in total. The topological polar surface area (TPSA) is 101 Å². The number of nitrogens with two attached hydrogens (primary N) is 1. The van der Waals surface area contributed by atoms with Crippen molar-refractivity contribution >= 4 is 11.6 Å². The van der Waals surface area contributed by atoms with Gasteiger partial charge in [-0.1, -0.05) is 13.0 Å².